The number of hydrogen-bond donors (Lipinski definition) is 0. The molecule has 2 heteroatoms. The highest BCUT2D eigenvalue weighted by molar-refractivity contribution is 5.66. The van der Waals surface area contributed by atoms with Gasteiger partial charge in [-0.05, 0) is 43.7 Å². The summed E-state index contributed by atoms with van der Waals surface area (Å²) in [6.07, 6.45) is 4.29. The van der Waals surface area contributed by atoms with Crippen LogP contribution in [0.4, 0.5) is 0 Å². The lowest BCUT2D eigenvalue weighted by atomic mass is 9.95. The van der Waals surface area contributed by atoms with Gasteiger partial charge < -0.3 is 4.74 Å². The molecule has 0 saturated heterocycles. The molecule has 0 saturated carbocycles. The molecule has 0 radical (unpaired) electrons. The number of hydrogen-bond acceptors (Lipinski definition) is 2. The molecular formula is C17H24O2. The lowest BCUT2D eigenvalue weighted by molar-refractivity contribution is -0.139. The summed E-state index contributed by atoms with van der Waals surface area (Å²) in [5.74, 6) is 0.333. The molecule has 1 aromatic rings. The first-order valence-electron chi connectivity index (χ1n) is 6.84. The van der Waals surface area contributed by atoms with Crippen molar-refractivity contribution >= 4 is 5.97 Å². The summed E-state index contributed by atoms with van der Waals surface area (Å²) in [4.78, 5) is 10.7. The Bertz CT molecular complexity index is 429. The molecule has 0 amide bonds. The number of esters is 1. The predicted octanol–water partition coefficient (Wildman–Crippen LogP) is 4.39. The Morgan fingerprint density at radius 3 is 2.47 bits per heavy atom. The number of carbonyl (C=O) groups excluding carboxylic acids is 1. The van der Waals surface area contributed by atoms with E-state index >= 15 is 0 Å². The van der Waals surface area contributed by atoms with Crippen LogP contribution in [-0.2, 0) is 9.53 Å². The normalized spacial score (nSPS) is 13.2. The summed E-state index contributed by atoms with van der Waals surface area (Å²) in [7, 11) is 0. The fourth-order valence-corrected chi connectivity index (χ4v) is 1.92. The average Bonchev–Trinajstić information content (AvgIpc) is 2.37. The van der Waals surface area contributed by atoms with Gasteiger partial charge in [-0.2, -0.15) is 0 Å². The largest absolute Gasteiger partial charge is 0.461 e. The molecule has 0 aliphatic carbocycles. The average molecular weight is 260 g/mol. The zero-order valence-electron chi connectivity index (χ0n) is 12.4. The molecule has 2 nitrogen and oxygen atoms in total. The predicted molar refractivity (Wildman–Crippen MR) is 79.2 cm³/mol. The molecule has 0 aromatic heterocycles. The number of allylic oxidation sites excluding steroid dienone is 1. The van der Waals surface area contributed by atoms with Crippen molar-refractivity contribution < 1.29 is 9.53 Å². The number of aryl methyl sites for hydroxylation is 1. The fraction of sp³-hybridized carbons (Fsp3) is 0.471. The molecule has 1 atom stereocenters. The van der Waals surface area contributed by atoms with Gasteiger partial charge in [-0.25, -0.2) is 0 Å². The highest BCUT2D eigenvalue weighted by Crippen LogP contribution is 2.21. The summed E-state index contributed by atoms with van der Waals surface area (Å²) < 4.78 is 4.95. The van der Waals surface area contributed by atoms with Crippen LogP contribution >= 0.6 is 0 Å². The van der Waals surface area contributed by atoms with E-state index in [2.05, 4.69) is 44.2 Å². The second kappa shape index (κ2) is 7.78. The summed E-state index contributed by atoms with van der Waals surface area (Å²) in [5, 5.41) is 0. The molecule has 1 aromatic carbocycles. The van der Waals surface area contributed by atoms with Crippen LogP contribution in [0.3, 0.4) is 0 Å². The maximum Gasteiger partial charge on any atom is 0.302 e. The molecule has 0 aliphatic heterocycles. The molecule has 104 valence electrons. The molecule has 0 bridgehead atoms. The van der Waals surface area contributed by atoms with E-state index in [0.29, 0.717) is 12.5 Å². The highest BCUT2D eigenvalue weighted by atomic mass is 16.5. The lowest BCUT2D eigenvalue weighted by Crippen LogP contribution is -2.01. The highest BCUT2D eigenvalue weighted by Gasteiger charge is 2.04. The second-order valence-electron chi connectivity index (χ2n) is 5.22. The van der Waals surface area contributed by atoms with Crippen molar-refractivity contribution in [1.82, 2.24) is 0 Å². The van der Waals surface area contributed by atoms with E-state index < -0.39 is 0 Å². The minimum Gasteiger partial charge on any atom is -0.461 e. The number of carbonyl (C=O) groups is 1. The Kier molecular flexibility index (Phi) is 6.34. The van der Waals surface area contributed by atoms with Gasteiger partial charge >= 0.3 is 5.97 Å². The summed E-state index contributed by atoms with van der Waals surface area (Å²) in [6, 6.07) is 8.73. The van der Waals surface area contributed by atoms with Gasteiger partial charge in [0.2, 0.25) is 0 Å². The van der Waals surface area contributed by atoms with Gasteiger partial charge in [-0.1, -0.05) is 42.8 Å². The first-order chi connectivity index (χ1) is 8.99. The molecule has 0 unspecified atom stereocenters. The Hall–Kier alpha value is -1.57. The van der Waals surface area contributed by atoms with E-state index in [1.807, 2.05) is 6.92 Å². The van der Waals surface area contributed by atoms with E-state index in [1.165, 1.54) is 18.1 Å². The zero-order chi connectivity index (χ0) is 14.3. The van der Waals surface area contributed by atoms with Gasteiger partial charge in [-0.3, -0.25) is 4.79 Å². The molecule has 0 N–H and O–H groups in total. The topological polar surface area (TPSA) is 26.3 Å². The third kappa shape index (κ3) is 6.23. The first-order valence-corrected chi connectivity index (χ1v) is 6.84. The van der Waals surface area contributed by atoms with Crippen LogP contribution in [0.1, 0.15) is 50.7 Å². The van der Waals surface area contributed by atoms with E-state index in [9.17, 15) is 4.79 Å². The maximum atomic E-state index is 10.7. The van der Waals surface area contributed by atoms with E-state index in [1.54, 1.807) is 0 Å². The van der Waals surface area contributed by atoms with Crippen molar-refractivity contribution in [3.63, 3.8) is 0 Å². The van der Waals surface area contributed by atoms with Crippen LogP contribution in [0, 0.1) is 6.92 Å². The number of rotatable bonds is 6. The number of benzene rings is 1. The van der Waals surface area contributed by atoms with Gasteiger partial charge in [-0.15, -0.1) is 0 Å². The van der Waals surface area contributed by atoms with Crippen LogP contribution in [-0.4, -0.2) is 12.6 Å². The third-order valence-electron chi connectivity index (χ3n) is 3.24. The maximum absolute atomic E-state index is 10.7. The fourth-order valence-electron chi connectivity index (χ4n) is 1.92. The summed E-state index contributed by atoms with van der Waals surface area (Å²) in [6.45, 7) is 8.20. The first kappa shape index (κ1) is 15.5. The van der Waals surface area contributed by atoms with Crippen molar-refractivity contribution in [2.45, 2.75) is 46.5 Å². The Balaban J connectivity index is 2.37. The smallest absolute Gasteiger partial charge is 0.302 e. The minimum absolute atomic E-state index is 0.222. The van der Waals surface area contributed by atoms with Crippen molar-refractivity contribution in [1.29, 1.82) is 0 Å². The van der Waals surface area contributed by atoms with E-state index in [-0.39, 0.29) is 5.97 Å². The molecular weight excluding hydrogens is 236 g/mol. The van der Waals surface area contributed by atoms with Crippen LogP contribution in [0.15, 0.2) is 35.9 Å². The van der Waals surface area contributed by atoms with Gasteiger partial charge in [0.15, 0.2) is 0 Å². The molecule has 0 fully saturated rings. The molecule has 0 aliphatic rings. The molecule has 1 rings (SSSR count). The van der Waals surface area contributed by atoms with Crippen LogP contribution in [0.2, 0.25) is 0 Å². The second-order valence-corrected chi connectivity index (χ2v) is 5.22. The Morgan fingerprint density at radius 1 is 1.26 bits per heavy atom. The molecule has 0 heterocycles. The van der Waals surface area contributed by atoms with Crippen LogP contribution in [0.25, 0.3) is 0 Å². The standard InChI is InChI=1S/C17H24O2/c1-13-8-10-17(11-9-13)15(3)7-5-6-14(2)12-19-16(4)18/h6,8-11,15H,5,7,12H2,1-4H3/t15-/m1/s1. The number of ether oxygens (including phenoxy) is 1. The van der Waals surface area contributed by atoms with Gasteiger partial charge in [0.1, 0.15) is 6.61 Å². The SMILES string of the molecule is CC(=O)OCC(C)=CCC[C@@H](C)c1ccc(C)cc1. The quantitative estimate of drug-likeness (QED) is 0.560. The Morgan fingerprint density at radius 2 is 1.89 bits per heavy atom. The molecule has 19 heavy (non-hydrogen) atoms. The lowest BCUT2D eigenvalue weighted by Gasteiger charge is -2.11. The van der Waals surface area contributed by atoms with Crippen molar-refractivity contribution in [2.24, 2.45) is 0 Å². The van der Waals surface area contributed by atoms with E-state index in [0.717, 1.165) is 18.4 Å². The van der Waals surface area contributed by atoms with Gasteiger partial charge in [0, 0.05) is 6.92 Å². The van der Waals surface area contributed by atoms with Crippen LogP contribution < -0.4 is 0 Å². The molecule has 0 spiro atoms. The third-order valence-corrected chi connectivity index (χ3v) is 3.24. The van der Waals surface area contributed by atoms with E-state index in [4.69, 9.17) is 4.74 Å². The zero-order valence-corrected chi connectivity index (χ0v) is 12.4. The summed E-state index contributed by atoms with van der Waals surface area (Å²) >= 11 is 0. The Labute approximate surface area is 116 Å². The summed E-state index contributed by atoms with van der Waals surface area (Å²) in [5.41, 5.74) is 3.80. The van der Waals surface area contributed by atoms with Crippen LogP contribution in [0.5, 0.6) is 0 Å². The van der Waals surface area contributed by atoms with Gasteiger partial charge in [0.25, 0.3) is 0 Å². The van der Waals surface area contributed by atoms with Crippen molar-refractivity contribution in [3.05, 3.63) is 47.0 Å². The monoisotopic (exact) mass is 260 g/mol. The van der Waals surface area contributed by atoms with Gasteiger partial charge in [0.05, 0.1) is 0 Å². The minimum atomic E-state index is -0.222. The van der Waals surface area contributed by atoms with Crippen molar-refractivity contribution in [3.8, 4) is 0 Å². The van der Waals surface area contributed by atoms with Crippen molar-refractivity contribution in [2.75, 3.05) is 6.61 Å².